The van der Waals surface area contributed by atoms with Gasteiger partial charge in [-0.05, 0) is 6.04 Å². The lowest BCUT2D eigenvalue weighted by atomic mass is 10.9. The van der Waals surface area contributed by atoms with Crippen LogP contribution >= 0.6 is 0 Å². The predicted molar refractivity (Wildman–Crippen MR) is 22.4 cm³/mol. The smallest absolute Gasteiger partial charge is 0.127 e. The lowest BCUT2D eigenvalue weighted by molar-refractivity contribution is 0.128. The summed E-state index contributed by atoms with van der Waals surface area (Å²) in [6, 6.07) is 1.31. The molecule has 3 heteroatoms. The van der Waals surface area contributed by atoms with Crippen molar-refractivity contribution in [3.8, 4) is 0 Å². The number of rotatable bonds is 0. The number of hydrogen-bond donors (Lipinski definition) is 1. The molecule has 1 fully saturated rings. The zero-order chi connectivity index (χ0) is 3.54. The Morgan fingerprint density at radius 2 is 2.80 bits per heavy atom. The SMILES string of the molecule is C1C[SiH2]NO1. The van der Waals surface area contributed by atoms with Crippen molar-refractivity contribution in [2.45, 2.75) is 6.04 Å². The van der Waals surface area contributed by atoms with Crippen LogP contribution in [0.2, 0.25) is 6.04 Å². The molecule has 0 aliphatic carbocycles. The van der Waals surface area contributed by atoms with Gasteiger partial charge in [-0.1, -0.05) is 0 Å². The molecule has 0 atom stereocenters. The van der Waals surface area contributed by atoms with Crippen molar-refractivity contribution in [1.82, 2.24) is 5.15 Å². The average Bonchev–Trinajstić information content (AvgIpc) is 1.76. The lowest BCUT2D eigenvalue weighted by Gasteiger charge is -1.80. The molecule has 0 amide bonds. The van der Waals surface area contributed by atoms with Crippen molar-refractivity contribution in [3.05, 3.63) is 0 Å². The van der Waals surface area contributed by atoms with Crippen LogP contribution in [0.5, 0.6) is 0 Å². The minimum atomic E-state index is 0.0710. The van der Waals surface area contributed by atoms with Crippen molar-refractivity contribution >= 4 is 9.68 Å². The van der Waals surface area contributed by atoms with Crippen LogP contribution in [0.25, 0.3) is 0 Å². The second-order valence-electron chi connectivity index (χ2n) is 1.10. The molecule has 1 aliphatic rings. The molecule has 0 aromatic rings. The van der Waals surface area contributed by atoms with Crippen LogP contribution in [-0.2, 0) is 4.84 Å². The topological polar surface area (TPSA) is 21.3 Å². The van der Waals surface area contributed by atoms with Gasteiger partial charge in [0, 0.05) is 0 Å². The van der Waals surface area contributed by atoms with Gasteiger partial charge in [-0.15, -0.1) is 0 Å². The van der Waals surface area contributed by atoms with E-state index in [9.17, 15) is 0 Å². The van der Waals surface area contributed by atoms with Crippen LogP contribution in [0.4, 0.5) is 0 Å². The third-order valence-electron chi connectivity index (χ3n) is 0.627. The van der Waals surface area contributed by atoms with E-state index in [1.807, 2.05) is 0 Å². The molecule has 0 radical (unpaired) electrons. The van der Waals surface area contributed by atoms with E-state index in [4.69, 9.17) is 4.84 Å². The largest absolute Gasteiger partial charge is 0.310 e. The Labute approximate surface area is 33.4 Å². The van der Waals surface area contributed by atoms with Gasteiger partial charge in [0.2, 0.25) is 0 Å². The first-order valence-electron chi connectivity index (χ1n) is 1.85. The maximum Gasteiger partial charge on any atom is 0.127 e. The average molecular weight is 89.2 g/mol. The number of nitrogens with one attached hydrogen (secondary N) is 1. The van der Waals surface area contributed by atoms with E-state index >= 15 is 0 Å². The molecule has 1 saturated heterocycles. The number of hydrogen-bond acceptors (Lipinski definition) is 2. The van der Waals surface area contributed by atoms with E-state index in [-0.39, 0.29) is 9.68 Å². The first-order valence-corrected chi connectivity index (χ1v) is 3.55. The summed E-state index contributed by atoms with van der Waals surface area (Å²) in [6.45, 7) is 0.951. The predicted octanol–water partition coefficient (Wildman–Crippen LogP) is -0.977. The maximum atomic E-state index is 4.76. The summed E-state index contributed by atoms with van der Waals surface area (Å²) >= 11 is 0. The molecule has 30 valence electrons. The summed E-state index contributed by atoms with van der Waals surface area (Å²) in [6.07, 6.45) is 0. The molecule has 0 aromatic heterocycles. The molecular weight excluding hydrogens is 82.1 g/mol. The molecule has 1 aliphatic heterocycles. The standard InChI is InChI=1S/C2H7NOSi/c1-2-5-3-4-1/h3H,1-2,5H2. The molecule has 1 N–H and O–H groups in total. The lowest BCUT2D eigenvalue weighted by Crippen LogP contribution is -2.05. The van der Waals surface area contributed by atoms with Gasteiger partial charge in [0.1, 0.15) is 9.68 Å². The zero-order valence-electron chi connectivity index (χ0n) is 3.03. The first-order chi connectivity index (χ1) is 2.50. The van der Waals surface area contributed by atoms with Crippen LogP contribution in [0, 0.1) is 0 Å². The van der Waals surface area contributed by atoms with Crippen molar-refractivity contribution in [2.24, 2.45) is 0 Å². The summed E-state index contributed by atoms with van der Waals surface area (Å²) < 4.78 is 0. The van der Waals surface area contributed by atoms with Crippen LogP contribution in [0.1, 0.15) is 0 Å². The van der Waals surface area contributed by atoms with Crippen LogP contribution in [-0.4, -0.2) is 16.3 Å². The Morgan fingerprint density at radius 1 is 1.80 bits per heavy atom. The third kappa shape index (κ3) is 0.716. The van der Waals surface area contributed by atoms with Gasteiger partial charge >= 0.3 is 0 Å². The van der Waals surface area contributed by atoms with Crippen LogP contribution in [0.15, 0.2) is 0 Å². The highest BCUT2D eigenvalue weighted by molar-refractivity contribution is 6.32. The summed E-state index contributed by atoms with van der Waals surface area (Å²) in [4.78, 5) is 4.76. The normalized spacial score (nSPS) is 28.8. The molecule has 0 bridgehead atoms. The van der Waals surface area contributed by atoms with E-state index in [1.165, 1.54) is 6.04 Å². The Morgan fingerprint density at radius 3 is 3.00 bits per heavy atom. The second kappa shape index (κ2) is 1.54. The fourth-order valence-electron chi connectivity index (χ4n) is 0.361. The van der Waals surface area contributed by atoms with Crippen molar-refractivity contribution < 1.29 is 4.84 Å². The highest BCUT2D eigenvalue weighted by Crippen LogP contribution is 1.82. The Hall–Kier alpha value is 0.137. The summed E-state index contributed by atoms with van der Waals surface area (Å²) in [7, 11) is 0.0710. The van der Waals surface area contributed by atoms with Gasteiger partial charge in [0.05, 0.1) is 6.61 Å². The van der Waals surface area contributed by atoms with E-state index in [1.54, 1.807) is 0 Å². The summed E-state index contributed by atoms with van der Waals surface area (Å²) in [5.74, 6) is 0. The Kier molecular flexibility index (Phi) is 1.03. The Balaban J connectivity index is 2.08. The van der Waals surface area contributed by atoms with Crippen molar-refractivity contribution in [1.29, 1.82) is 0 Å². The highest BCUT2D eigenvalue weighted by Gasteiger charge is 1.94. The first kappa shape index (κ1) is 3.33. The molecule has 1 rings (SSSR count). The van der Waals surface area contributed by atoms with E-state index in [2.05, 4.69) is 5.15 Å². The monoisotopic (exact) mass is 89.0 g/mol. The van der Waals surface area contributed by atoms with Crippen molar-refractivity contribution in [2.75, 3.05) is 6.61 Å². The summed E-state index contributed by atoms with van der Waals surface area (Å²) in [5, 5.41) is 2.86. The molecule has 1 heterocycles. The third-order valence-corrected chi connectivity index (χ3v) is 1.68. The van der Waals surface area contributed by atoms with Gasteiger partial charge in [0.25, 0.3) is 0 Å². The quantitative estimate of drug-likeness (QED) is 0.385. The zero-order valence-corrected chi connectivity index (χ0v) is 4.44. The van der Waals surface area contributed by atoms with Gasteiger partial charge in [0.15, 0.2) is 0 Å². The molecule has 0 saturated carbocycles. The molecular formula is C2H7NOSi. The van der Waals surface area contributed by atoms with Gasteiger partial charge in [-0.2, -0.15) is 0 Å². The van der Waals surface area contributed by atoms with E-state index in [0.717, 1.165) is 6.61 Å². The van der Waals surface area contributed by atoms with E-state index in [0.29, 0.717) is 0 Å². The van der Waals surface area contributed by atoms with Crippen LogP contribution in [0.3, 0.4) is 0 Å². The minimum absolute atomic E-state index is 0.0710. The summed E-state index contributed by atoms with van der Waals surface area (Å²) in [5.41, 5.74) is 0. The fourth-order valence-corrected chi connectivity index (χ4v) is 1.08. The van der Waals surface area contributed by atoms with Gasteiger partial charge in [-0.25, -0.2) is 5.15 Å². The molecule has 0 aromatic carbocycles. The van der Waals surface area contributed by atoms with Gasteiger partial charge in [-0.3, -0.25) is 0 Å². The second-order valence-corrected chi connectivity index (χ2v) is 2.59. The van der Waals surface area contributed by atoms with Crippen molar-refractivity contribution in [3.63, 3.8) is 0 Å². The molecule has 5 heavy (non-hydrogen) atoms. The highest BCUT2D eigenvalue weighted by atomic mass is 28.2. The Bertz CT molecular complexity index is 21.2. The molecule has 2 nitrogen and oxygen atoms in total. The van der Waals surface area contributed by atoms with Gasteiger partial charge < -0.3 is 4.84 Å². The maximum absolute atomic E-state index is 4.76. The van der Waals surface area contributed by atoms with E-state index < -0.39 is 0 Å². The fraction of sp³-hybridized carbons (Fsp3) is 1.00. The molecule has 0 unspecified atom stereocenters. The van der Waals surface area contributed by atoms with Crippen LogP contribution < -0.4 is 5.15 Å². The minimum Gasteiger partial charge on any atom is -0.310 e. The molecule has 0 spiro atoms.